The van der Waals surface area contributed by atoms with Gasteiger partial charge in [-0.05, 0) is 25.7 Å². The molecule has 0 bridgehead atoms. The Morgan fingerprint density at radius 1 is 0.944 bits per heavy atom. The highest BCUT2D eigenvalue weighted by Crippen LogP contribution is 2.27. The van der Waals surface area contributed by atoms with Crippen LogP contribution in [0.15, 0.2) is 0 Å². The molecular formula is C13H21NO4. The van der Waals surface area contributed by atoms with Crippen molar-refractivity contribution in [1.82, 2.24) is 4.90 Å². The second-order valence-electron chi connectivity index (χ2n) is 5.27. The van der Waals surface area contributed by atoms with Crippen molar-refractivity contribution < 1.29 is 19.0 Å². The lowest BCUT2D eigenvalue weighted by Crippen LogP contribution is -2.45. The summed E-state index contributed by atoms with van der Waals surface area (Å²) in [7, 11) is 0. The van der Waals surface area contributed by atoms with Crippen molar-refractivity contribution in [3.05, 3.63) is 0 Å². The Bertz CT molecular complexity index is 289. The number of carbonyl (C=O) groups is 1. The van der Waals surface area contributed by atoms with Crippen molar-refractivity contribution in [2.75, 3.05) is 32.9 Å². The lowest BCUT2D eigenvalue weighted by molar-refractivity contribution is -0.145. The van der Waals surface area contributed by atoms with E-state index in [1.54, 1.807) is 0 Å². The summed E-state index contributed by atoms with van der Waals surface area (Å²) in [6.07, 6.45) is 3.63. The van der Waals surface area contributed by atoms with Crippen molar-refractivity contribution in [2.45, 2.75) is 38.1 Å². The Balaban J connectivity index is 1.48. The first-order valence-corrected chi connectivity index (χ1v) is 6.98. The summed E-state index contributed by atoms with van der Waals surface area (Å²) >= 11 is 0. The van der Waals surface area contributed by atoms with Crippen LogP contribution in [0.3, 0.4) is 0 Å². The highest BCUT2D eigenvalue weighted by Gasteiger charge is 2.34. The summed E-state index contributed by atoms with van der Waals surface area (Å²) in [5.41, 5.74) is 0. The maximum absolute atomic E-state index is 12.2. The minimum absolute atomic E-state index is 0.0371. The van der Waals surface area contributed by atoms with E-state index in [1.807, 2.05) is 4.90 Å². The molecule has 0 aromatic heterocycles. The number of hydrogen-bond donors (Lipinski definition) is 0. The highest BCUT2D eigenvalue weighted by atomic mass is 16.7. The molecule has 1 amide bonds. The second-order valence-corrected chi connectivity index (χ2v) is 5.27. The van der Waals surface area contributed by atoms with Crippen LogP contribution < -0.4 is 0 Å². The van der Waals surface area contributed by atoms with E-state index in [-0.39, 0.29) is 18.3 Å². The van der Waals surface area contributed by atoms with Gasteiger partial charge in [0.25, 0.3) is 5.91 Å². The van der Waals surface area contributed by atoms with Crippen LogP contribution in [0.2, 0.25) is 0 Å². The summed E-state index contributed by atoms with van der Waals surface area (Å²) < 4.78 is 16.5. The summed E-state index contributed by atoms with van der Waals surface area (Å²) in [6.45, 7) is 3.77. The highest BCUT2D eigenvalue weighted by molar-refractivity contribution is 5.81. The number of hydrogen-bond acceptors (Lipinski definition) is 4. The Morgan fingerprint density at radius 3 is 2.28 bits per heavy atom. The van der Waals surface area contributed by atoms with Gasteiger partial charge in [-0.15, -0.1) is 0 Å². The number of nitrogens with zero attached hydrogens (tertiary/aromatic N) is 1. The zero-order chi connectivity index (χ0) is 12.4. The Morgan fingerprint density at radius 2 is 1.67 bits per heavy atom. The molecule has 0 aliphatic carbocycles. The molecule has 0 saturated carbocycles. The average Bonchev–Trinajstić information content (AvgIpc) is 3.11. The van der Waals surface area contributed by atoms with Crippen LogP contribution in [0.1, 0.15) is 25.7 Å². The minimum atomic E-state index is -0.180. The van der Waals surface area contributed by atoms with E-state index in [0.717, 1.165) is 45.4 Å². The van der Waals surface area contributed by atoms with E-state index in [2.05, 4.69) is 0 Å². The van der Waals surface area contributed by atoms with Gasteiger partial charge in [0.05, 0.1) is 13.2 Å². The third kappa shape index (κ3) is 2.53. The molecule has 5 nitrogen and oxygen atoms in total. The monoisotopic (exact) mass is 255 g/mol. The molecule has 3 aliphatic heterocycles. The van der Waals surface area contributed by atoms with Gasteiger partial charge in [0, 0.05) is 25.6 Å². The van der Waals surface area contributed by atoms with Crippen LogP contribution in [-0.2, 0) is 19.0 Å². The first-order chi connectivity index (χ1) is 8.84. The molecule has 3 heterocycles. The topological polar surface area (TPSA) is 48.0 Å². The number of ether oxygens (including phenoxy) is 3. The fourth-order valence-corrected chi connectivity index (χ4v) is 3.02. The summed E-state index contributed by atoms with van der Waals surface area (Å²) in [5.74, 6) is 0.625. The molecule has 3 rings (SSSR count). The lowest BCUT2D eigenvalue weighted by Gasteiger charge is -2.34. The van der Waals surface area contributed by atoms with Gasteiger partial charge < -0.3 is 19.1 Å². The van der Waals surface area contributed by atoms with Crippen LogP contribution in [0, 0.1) is 5.92 Å². The Hall–Kier alpha value is -0.650. The van der Waals surface area contributed by atoms with E-state index >= 15 is 0 Å². The molecule has 3 fully saturated rings. The SMILES string of the molecule is O=C(C1CCCO1)N1CCC(C2OCCO2)CC1. The summed E-state index contributed by atoms with van der Waals surface area (Å²) in [5, 5.41) is 0. The van der Waals surface area contributed by atoms with Crippen molar-refractivity contribution in [1.29, 1.82) is 0 Å². The van der Waals surface area contributed by atoms with E-state index in [9.17, 15) is 4.79 Å². The molecule has 3 aliphatic rings. The molecule has 0 aromatic rings. The number of piperidine rings is 1. The molecule has 18 heavy (non-hydrogen) atoms. The van der Waals surface area contributed by atoms with Crippen LogP contribution >= 0.6 is 0 Å². The standard InChI is InChI=1S/C13H21NO4/c15-12(11-2-1-7-16-11)14-5-3-10(4-6-14)13-17-8-9-18-13/h10-11,13H,1-9H2. The molecule has 0 spiro atoms. The van der Waals surface area contributed by atoms with Crippen molar-refractivity contribution in [2.24, 2.45) is 5.92 Å². The molecule has 0 radical (unpaired) electrons. The minimum Gasteiger partial charge on any atom is -0.368 e. The fraction of sp³-hybridized carbons (Fsp3) is 0.923. The van der Waals surface area contributed by atoms with Gasteiger partial charge in [0.2, 0.25) is 0 Å². The van der Waals surface area contributed by atoms with Gasteiger partial charge >= 0.3 is 0 Å². The summed E-state index contributed by atoms with van der Waals surface area (Å²) in [4.78, 5) is 14.1. The van der Waals surface area contributed by atoms with E-state index in [0.29, 0.717) is 19.1 Å². The molecule has 0 N–H and O–H groups in total. The molecule has 1 unspecified atom stereocenters. The number of likely N-dealkylation sites (tertiary alicyclic amines) is 1. The second kappa shape index (κ2) is 5.55. The van der Waals surface area contributed by atoms with Gasteiger partial charge in [-0.1, -0.05) is 0 Å². The first kappa shape index (κ1) is 12.4. The van der Waals surface area contributed by atoms with E-state index < -0.39 is 0 Å². The smallest absolute Gasteiger partial charge is 0.251 e. The van der Waals surface area contributed by atoms with Crippen LogP contribution in [0.5, 0.6) is 0 Å². The Labute approximate surface area is 107 Å². The molecule has 1 atom stereocenters. The van der Waals surface area contributed by atoms with Gasteiger partial charge in [0.1, 0.15) is 6.10 Å². The van der Waals surface area contributed by atoms with Crippen molar-refractivity contribution in [3.8, 4) is 0 Å². The zero-order valence-corrected chi connectivity index (χ0v) is 10.7. The maximum Gasteiger partial charge on any atom is 0.251 e. The maximum atomic E-state index is 12.2. The van der Waals surface area contributed by atoms with Gasteiger partial charge in [-0.25, -0.2) is 0 Å². The lowest BCUT2D eigenvalue weighted by atomic mass is 9.95. The number of amides is 1. The van der Waals surface area contributed by atoms with Crippen molar-refractivity contribution in [3.63, 3.8) is 0 Å². The normalized spacial score (nSPS) is 31.1. The zero-order valence-electron chi connectivity index (χ0n) is 10.7. The first-order valence-electron chi connectivity index (χ1n) is 6.98. The fourth-order valence-electron chi connectivity index (χ4n) is 3.02. The Kier molecular flexibility index (Phi) is 3.82. The predicted molar refractivity (Wildman–Crippen MR) is 64.0 cm³/mol. The predicted octanol–water partition coefficient (Wildman–Crippen LogP) is 0.777. The van der Waals surface area contributed by atoms with Crippen LogP contribution in [0.4, 0.5) is 0 Å². The van der Waals surface area contributed by atoms with E-state index in [1.165, 1.54) is 0 Å². The summed E-state index contributed by atoms with van der Waals surface area (Å²) in [6, 6.07) is 0. The molecule has 0 aromatic carbocycles. The van der Waals surface area contributed by atoms with Gasteiger partial charge in [-0.2, -0.15) is 0 Å². The van der Waals surface area contributed by atoms with E-state index in [4.69, 9.17) is 14.2 Å². The third-order valence-electron chi connectivity index (χ3n) is 4.09. The largest absolute Gasteiger partial charge is 0.368 e. The van der Waals surface area contributed by atoms with Crippen molar-refractivity contribution >= 4 is 5.91 Å². The molecule has 5 heteroatoms. The number of rotatable bonds is 2. The molecule has 3 saturated heterocycles. The van der Waals surface area contributed by atoms with Crippen LogP contribution in [-0.4, -0.2) is 56.1 Å². The third-order valence-corrected chi connectivity index (χ3v) is 4.09. The number of carbonyl (C=O) groups excluding carboxylic acids is 1. The molecule has 102 valence electrons. The van der Waals surface area contributed by atoms with Gasteiger partial charge in [-0.3, -0.25) is 4.79 Å². The molecular weight excluding hydrogens is 234 g/mol. The quantitative estimate of drug-likeness (QED) is 0.731. The van der Waals surface area contributed by atoms with Crippen LogP contribution in [0.25, 0.3) is 0 Å². The average molecular weight is 255 g/mol. The van der Waals surface area contributed by atoms with Gasteiger partial charge in [0.15, 0.2) is 6.29 Å².